The molecule has 0 saturated heterocycles. The van der Waals surface area contributed by atoms with Crippen LogP contribution in [0.15, 0.2) is 48.6 Å². The fraction of sp³-hybridized carbons (Fsp3) is 0.550. The first-order valence-electron chi connectivity index (χ1n) is 8.73. The molecule has 0 bridgehead atoms. The van der Waals surface area contributed by atoms with E-state index in [0.717, 1.165) is 57.8 Å². The lowest BCUT2D eigenvalue weighted by atomic mass is 10.1. The van der Waals surface area contributed by atoms with Crippen molar-refractivity contribution in [2.24, 2.45) is 0 Å². The monoisotopic (exact) mass is 320 g/mol. The number of rotatable bonds is 15. The number of carbonyl (C=O) groups is 1. The van der Waals surface area contributed by atoms with Crippen molar-refractivity contribution >= 4 is 5.97 Å². The average molecular weight is 320 g/mol. The van der Waals surface area contributed by atoms with E-state index in [9.17, 15) is 4.79 Å². The fourth-order valence-corrected chi connectivity index (χ4v) is 2.02. The van der Waals surface area contributed by atoms with Crippen LogP contribution in [0.4, 0.5) is 0 Å². The molecule has 0 aliphatic carbocycles. The summed E-state index contributed by atoms with van der Waals surface area (Å²) in [5, 5.41) is 17.2. The first-order valence-corrected chi connectivity index (χ1v) is 8.73. The Labute approximate surface area is 141 Å². The Hall–Kier alpha value is -1.61. The van der Waals surface area contributed by atoms with Gasteiger partial charge in [-0.05, 0) is 44.9 Å². The highest BCUT2D eigenvalue weighted by atomic mass is 16.4. The number of hydrogen-bond acceptors (Lipinski definition) is 2. The van der Waals surface area contributed by atoms with Crippen molar-refractivity contribution in [3.8, 4) is 0 Å². The van der Waals surface area contributed by atoms with Gasteiger partial charge >= 0.3 is 5.97 Å². The van der Waals surface area contributed by atoms with Gasteiger partial charge in [-0.25, -0.2) is 0 Å². The molecule has 0 rings (SSSR count). The van der Waals surface area contributed by atoms with Crippen LogP contribution in [0.3, 0.4) is 0 Å². The van der Waals surface area contributed by atoms with E-state index in [2.05, 4.69) is 24.3 Å². The number of hydrogen-bond donors (Lipinski definition) is 2. The standard InChI is InChI=1S/C20H32O3/c21-19-17-15-13-11-9-7-5-3-1-2-4-6-8-10-12-14-16-18-20(22)23/h1-4,6-9,21H,5,10-19H2,(H,22,23)/b3-1+,4-2-,8-6+,9-7-. The highest BCUT2D eigenvalue weighted by Crippen LogP contribution is 2.03. The fourth-order valence-electron chi connectivity index (χ4n) is 2.02. The summed E-state index contributed by atoms with van der Waals surface area (Å²) >= 11 is 0. The number of carboxylic acid groups (broad SMARTS) is 1. The zero-order chi connectivity index (χ0) is 17.0. The molecule has 0 unspecified atom stereocenters. The molecule has 0 aromatic carbocycles. The SMILES string of the molecule is O=C(O)CCCCC/C=C/C=C\C=C\C/C=C\CCCCCO. The minimum absolute atomic E-state index is 0.283. The Morgan fingerprint density at radius 2 is 1.35 bits per heavy atom. The maximum absolute atomic E-state index is 10.3. The highest BCUT2D eigenvalue weighted by molar-refractivity contribution is 5.66. The second-order valence-electron chi connectivity index (χ2n) is 5.51. The number of allylic oxidation sites excluding steroid dienone is 8. The smallest absolute Gasteiger partial charge is 0.303 e. The maximum Gasteiger partial charge on any atom is 0.303 e. The molecular formula is C20H32O3. The summed E-state index contributed by atoms with van der Waals surface area (Å²) in [5.41, 5.74) is 0. The van der Waals surface area contributed by atoms with E-state index >= 15 is 0 Å². The molecule has 2 N–H and O–H groups in total. The number of aliphatic hydroxyl groups is 1. The van der Waals surface area contributed by atoms with Gasteiger partial charge in [0.25, 0.3) is 0 Å². The summed E-state index contributed by atoms with van der Waals surface area (Å²) in [6.07, 6.45) is 26.1. The summed E-state index contributed by atoms with van der Waals surface area (Å²) < 4.78 is 0. The van der Waals surface area contributed by atoms with Crippen molar-refractivity contribution in [3.63, 3.8) is 0 Å². The van der Waals surface area contributed by atoms with Crippen LogP contribution >= 0.6 is 0 Å². The first-order chi connectivity index (χ1) is 11.3. The Balaban J connectivity index is 3.42. The maximum atomic E-state index is 10.3. The van der Waals surface area contributed by atoms with Gasteiger partial charge in [-0.3, -0.25) is 4.79 Å². The van der Waals surface area contributed by atoms with Gasteiger partial charge in [0, 0.05) is 13.0 Å². The quantitative estimate of drug-likeness (QED) is 0.248. The van der Waals surface area contributed by atoms with E-state index in [0.29, 0.717) is 6.61 Å². The van der Waals surface area contributed by atoms with Gasteiger partial charge in [0.05, 0.1) is 0 Å². The van der Waals surface area contributed by atoms with Gasteiger partial charge < -0.3 is 10.2 Å². The van der Waals surface area contributed by atoms with Gasteiger partial charge in [-0.15, -0.1) is 0 Å². The summed E-state index contributed by atoms with van der Waals surface area (Å²) in [6, 6.07) is 0. The lowest BCUT2D eigenvalue weighted by molar-refractivity contribution is -0.137. The van der Waals surface area contributed by atoms with Gasteiger partial charge in [0.15, 0.2) is 0 Å². The largest absolute Gasteiger partial charge is 0.481 e. The summed E-state index contributed by atoms with van der Waals surface area (Å²) in [5.74, 6) is -0.702. The molecule has 0 atom stereocenters. The molecule has 0 saturated carbocycles. The van der Waals surface area contributed by atoms with E-state index in [1.165, 1.54) is 0 Å². The third-order valence-electron chi connectivity index (χ3n) is 3.33. The third kappa shape index (κ3) is 20.4. The first kappa shape index (κ1) is 21.4. The normalized spacial score (nSPS) is 12.4. The van der Waals surface area contributed by atoms with Crippen molar-refractivity contribution in [3.05, 3.63) is 48.6 Å². The van der Waals surface area contributed by atoms with Crippen molar-refractivity contribution in [1.82, 2.24) is 0 Å². The van der Waals surface area contributed by atoms with E-state index in [1.54, 1.807) is 0 Å². The lowest BCUT2D eigenvalue weighted by Gasteiger charge is -1.94. The van der Waals surface area contributed by atoms with E-state index in [-0.39, 0.29) is 6.42 Å². The van der Waals surface area contributed by atoms with Crippen LogP contribution in [0.2, 0.25) is 0 Å². The predicted octanol–water partition coefficient (Wildman–Crippen LogP) is 5.19. The van der Waals surface area contributed by atoms with Gasteiger partial charge in [0.1, 0.15) is 0 Å². The number of aliphatic hydroxyl groups excluding tert-OH is 1. The molecule has 3 heteroatoms. The Bertz CT molecular complexity index is 378. The molecule has 130 valence electrons. The average Bonchev–Trinajstić information content (AvgIpc) is 2.53. The summed E-state index contributed by atoms with van der Waals surface area (Å²) in [6.45, 7) is 0.304. The summed E-state index contributed by atoms with van der Waals surface area (Å²) in [4.78, 5) is 10.3. The summed E-state index contributed by atoms with van der Waals surface area (Å²) in [7, 11) is 0. The zero-order valence-electron chi connectivity index (χ0n) is 14.2. The van der Waals surface area contributed by atoms with Crippen LogP contribution in [0, 0.1) is 0 Å². The van der Waals surface area contributed by atoms with Crippen LogP contribution in [-0.4, -0.2) is 22.8 Å². The van der Waals surface area contributed by atoms with Gasteiger partial charge in [-0.1, -0.05) is 61.4 Å². The van der Waals surface area contributed by atoms with Crippen molar-refractivity contribution in [2.45, 2.75) is 64.2 Å². The molecule has 0 heterocycles. The van der Waals surface area contributed by atoms with Crippen LogP contribution in [-0.2, 0) is 4.79 Å². The minimum Gasteiger partial charge on any atom is -0.481 e. The molecule has 0 aliphatic heterocycles. The van der Waals surface area contributed by atoms with Crippen LogP contribution < -0.4 is 0 Å². The van der Waals surface area contributed by atoms with E-state index < -0.39 is 5.97 Å². The highest BCUT2D eigenvalue weighted by Gasteiger charge is 1.94. The number of carboxylic acids is 1. The van der Waals surface area contributed by atoms with Crippen LogP contribution in [0.1, 0.15) is 64.2 Å². The van der Waals surface area contributed by atoms with Crippen molar-refractivity contribution < 1.29 is 15.0 Å². The lowest BCUT2D eigenvalue weighted by Crippen LogP contribution is -1.93. The molecule has 0 aromatic heterocycles. The predicted molar refractivity (Wildman–Crippen MR) is 97.5 cm³/mol. The zero-order valence-corrected chi connectivity index (χ0v) is 14.2. The number of unbranched alkanes of at least 4 members (excludes halogenated alkanes) is 6. The molecule has 0 aliphatic rings. The second kappa shape index (κ2) is 18.4. The third-order valence-corrected chi connectivity index (χ3v) is 3.33. The topological polar surface area (TPSA) is 57.5 Å². The molecule has 0 spiro atoms. The molecule has 0 radical (unpaired) electrons. The molecule has 0 fully saturated rings. The minimum atomic E-state index is -0.702. The molecule has 3 nitrogen and oxygen atoms in total. The number of aliphatic carboxylic acids is 1. The Kier molecular flexibility index (Phi) is 17.1. The van der Waals surface area contributed by atoms with Crippen molar-refractivity contribution in [1.29, 1.82) is 0 Å². The van der Waals surface area contributed by atoms with Crippen LogP contribution in [0.5, 0.6) is 0 Å². The molecule has 23 heavy (non-hydrogen) atoms. The van der Waals surface area contributed by atoms with Crippen molar-refractivity contribution in [2.75, 3.05) is 6.61 Å². The van der Waals surface area contributed by atoms with E-state index in [1.807, 2.05) is 24.3 Å². The Morgan fingerprint density at radius 3 is 2.04 bits per heavy atom. The molecule has 0 aromatic rings. The van der Waals surface area contributed by atoms with E-state index in [4.69, 9.17) is 10.2 Å². The van der Waals surface area contributed by atoms with Crippen LogP contribution in [0.25, 0.3) is 0 Å². The Morgan fingerprint density at radius 1 is 0.696 bits per heavy atom. The van der Waals surface area contributed by atoms with Gasteiger partial charge in [-0.2, -0.15) is 0 Å². The van der Waals surface area contributed by atoms with Gasteiger partial charge in [0.2, 0.25) is 0 Å². The molecule has 0 amide bonds. The second-order valence-corrected chi connectivity index (χ2v) is 5.51. The molecular weight excluding hydrogens is 288 g/mol.